The predicted octanol–water partition coefficient (Wildman–Crippen LogP) is 4.26. The van der Waals surface area contributed by atoms with Crippen LogP contribution in [0.2, 0.25) is 0 Å². The second-order valence-corrected chi connectivity index (χ2v) is 9.49. The fourth-order valence-electron chi connectivity index (χ4n) is 5.23. The van der Waals surface area contributed by atoms with Gasteiger partial charge >= 0.3 is 12.1 Å². The number of hydrogen-bond donors (Lipinski definition) is 2. The molecule has 0 radical (unpaired) electrons. The van der Waals surface area contributed by atoms with Gasteiger partial charge in [0.25, 0.3) is 0 Å². The zero-order chi connectivity index (χ0) is 24.2. The monoisotopic (exact) mass is 464 g/mol. The molecule has 1 fully saturated rings. The lowest BCUT2D eigenvalue weighted by Gasteiger charge is -2.25. The van der Waals surface area contributed by atoms with Gasteiger partial charge in [-0.2, -0.15) is 0 Å². The number of nitrogens with zero attached hydrogens (tertiary/aromatic N) is 1. The highest BCUT2D eigenvalue weighted by molar-refractivity contribution is 5.79. The van der Waals surface area contributed by atoms with Crippen molar-refractivity contribution in [3.8, 4) is 11.1 Å². The van der Waals surface area contributed by atoms with E-state index in [0.717, 1.165) is 19.3 Å². The largest absolute Gasteiger partial charge is 0.481 e. The number of carboxylic acid groups (broad SMARTS) is 1. The van der Waals surface area contributed by atoms with Crippen molar-refractivity contribution >= 4 is 18.0 Å². The quantitative estimate of drug-likeness (QED) is 0.609. The van der Waals surface area contributed by atoms with Gasteiger partial charge in [0, 0.05) is 32.0 Å². The molecule has 7 nitrogen and oxygen atoms in total. The number of hydrogen-bond acceptors (Lipinski definition) is 4. The molecule has 0 spiro atoms. The molecule has 2 aliphatic rings. The number of nitrogens with one attached hydrogen (secondary N) is 1. The summed E-state index contributed by atoms with van der Waals surface area (Å²) in [6.45, 7) is 2.01. The standard InChI is InChI=1S/C27H32N2O5/c1-17(26(31)32)15-29(2)25(30)14-18-8-7-13-24(18)28-27(33)34-16-23-21-11-5-3-9-19(21)20-10-4-6-12-22(20)23/h3-6,9-12,17-18,23-24H,7-8,13-16H2,1-2H3,(H,28,33)(H,31,32). The molecule has 180 valence electrons. The molecular formula is C27H32N2O5. The third-order valence-corrected chi connectivity index (χ3v) is 7.14. The number of carbonyl (C=O) groups excluding carboxylic acids is 2. The molecule has 2 N–H and O–H groups in total. The van der Waals surface area contributed by atoms with E-state index in [0.29, 0.717) is 0 Å². The van der Waals surface area contributed by atoms with Gasteiger partial charge in [0.1, 0.15) is 6.61 Å². The molecule has 1 saturated carbocycles. The molecule has 7 heteroatoms. The highest BCUT2D eigenvalue weighted by Crippen LogP contribution is 2.44. The summed E-state index contributed by atoms with van der Waals surface area (Å²) in [6.07, 6.45) is 2.41. The van der Waals surface area contributed by atoms with Gasteiger partial charge in [0.2, 0.25) is 5.91 Å². The first-order valence-corrected chi connectivity index (χ1v) is 11.9. The number of rotatable bonds is 8. The van der Waals surface area contributed by atoms with Crippen molar-refractivity contribution in [2.45, 2.75) is 44.6 Å². The van der Waals surface area contributed by atoms with E-state index >= 15 is 0 Å². The first kappa shape index (κ1) is 23.8. The molecular weight excluding hydrogens is 432 g/mol. The summed E-state index contributed by atoms with van der Waals surface area (Å²) in [5, 5.41) is 12.1. The fourth-order valence-corrected chi connectivity index (χ4v) is 5.23. The summed E-state index contributed by atoms with van der Waals surface area (Å²) >= 11 is 0. The smallest absolute Gasteiger partial charge is 0.407 e. The van der Waals surface area contributed by atoms with Crippen molar-refractivity contribution in [3.05, 3.63) is 59.7 Å². The molecule has 0 aromatic heterocycles. The second-order valence-electron chi connectivity index (χ2n) is 9.49. The van der Waals surface area contributed by atoms with Crippen LogP contribution >= 0.6 is 0 Å². The number of carboxylic acids is 1. The van der Waals surface area contributed by atoms with E-state index in [9.17, 15) is 14.4 Å². The predicted molar refractivity (Wildman–Crippen MR) is 128 cm³/mol. The summed E-state index contributed by atoms with van der Waals surface area (Å²) < 4.78 is 5.67. The van der Waals surface area contributed by atoms with Crippen LogP contribution in [-0.2, 0) is 14.3 Å². The van der Waals surface area contributed by atoms with Crippen molar-refractivity contribution in [2.75, 3.05) is 20.2 Å². The number of carbonyl (C=O) groups is 3. The summed E-state index contributed by atoms with van der Waals surface area (Å²) in [5.41, 5.74) is 4.70. The van der Waals surface area contributed by atoms with Gasteiger partial charge in [-0.3, -0.25) is 9.59 Å². The number of alkyl carbamates (subject to hydrolysis) is 1. The number of fused-ring (bicyclic) bond motifs is 3. The maximum absolute atomic E-state index is 12.7. The summed E-state index contributed by atoms with van der Waals surface area (Å²) in [4.78, 5) is 37.8. The number of ether oxygens (including phenoxy) is 1. The van der Waals surface area contributed by atoms with Crippen LogP contribution in [0.1, 0.15) is 49.7 Å². The molecule has 0 saturated heterocycles. The van der Waals surface area contributed by atoms with Crippen LogP contribution in [0.4, 0.5) is 4.79 Å². The molecule has 3 unspecified atom stereocenters. The first-order valence-electron chi connectivity index (χ1n) is 11.9. The lowest BCUT2D eigenvalue weighted by molar-refractivity contribution is -0.142. The van der Waals surface area contributed by atoms with E-state index in [-0.39, 0.29) is 43.4 Å². The average Bonchev–Trinajstić information content (AvgIpc) is 3.39. The fraction of sp³-hybridized carbons (Fsp3) is 0.444. The highest BCUT2D eigenvalue weighted by Gasteiger charge is 2.33. The van der Waals surface area contributed by atoms with E-state index in [1.807, 2.05) is 24.3 Å². The van der Waals surface area contributed by atoms with Crippen LogP contribution in [0, 0.1) is 11.8 Å². The lowest BCUT2D eigenvalue weighted by Crippen LogP contribution is -2.41. The van der Waals surface area contributed by atoms with Crippen molar-refractivity contribution in [1.82, 2.24) is 10.2 Å². The molecule has 2 aromatic carbocycles. The van der Waals surface area contributed by atoms with E-state index < -0.39 is 18.0 Å². The van der Waals surface area contributed by atoms with Crippen molar-refractivity contribution < 1.29 is 24.2 Å². The zero-order valence-electron chi connectivity index (χ0n) is 19.7. The van der Waals surface area contributed by atoms with Crippen LogP contribution in [0.15, 0.2) is 48.5 Å². The van der Waals surface area contributed by atoms with Crippen LogP contribution < -0.4 is 5.32 Å². The lowest BCUT2D eigenvalue weighted by atomic mass is 9.98. The van der Waals surface area contributed by atoms with Gasteiger partial charge in [-0.05, 0) is 41.0 Å². The highest BCUT2D eigenvalue weighted by atomic mass is 16.5. The number of amides is 2. The Hall–Kier alpha value is -3.35. The summed E-state index contributed by atoms with van der Waals surface area (Å²) in [6, 6.07) is 16.3. The van der Waals surface area contributed by atoms with E-state index in [2.05, 4.69) is 29.6 Å². The number of aliphatic carboxylic acids is 1. The van der Waals surface area contributed by atoms with Gasteiger partial charge in [0.15, 0.2) is 0 Å². The van der Waals surface area contributed by atoms with Crippen LogP contribution in [0.25, 0.3) is 11.1 Å². The summed E-state index contributed by atoms with van der Waals surface area (Å²) in [5.74, 6) is -1.61. The zero-order valence-corrected chi connectivity index (χ0v) is 19.7. The Morgan fingerprint density at radius 2 is 1.68 bits per heavy atom. The molecule has 2 aliphatic carbocycles. The second kappa shape index (κ2) is 10.3. The third-order valence-electron chi connectivity index (χ3n) is 7.14. The molecule has 0 heterocycles. The SMILES string of the molecule is CC(CN(C)C(=O)CC1CCCC1NC(=O)OCC1c2ccccc2-c2ccccc21)C(=O)O. The molecule has 0 bridgehead atoms. The maximum Gasteiger partial charge on any atom is 0.407 e. The van der Waals surface area contributed by atoms with Gasteiger partial charge in [0.05, 0.1) is 5.92 Å². The van der Waals surface area contributed by atoms with Gasteiger partial charge in [-0.1, -0.05) is 61.9 Å². The normalized spacial score (nSPS) is 19.7. The van der Waals surface area contributed by atoms with E-state index in [1.54, 1.807) is 14.0 Å². The van der Waals surface area contributed by atoms with Crippen LogP contribution in [-0.4, -0.2) is 54.2 Å². The van der Waals surface area contributed by atoms with E-state index in [1.165, 1.54) is 27.2 Å². The molecule has 4 rings (SSSR count). The summed E-state index contributed by atoms with van der Waals surface area (Å²) in [7, 11) is 1.63. The van der Waals surface area contributed by atoms with Gasteiger partial charge < -0.3 is 20.1 Å². The minimum absolute atomic E-state index is 0.00368. The molecule has 2 amide bonds. The minimum Gasteiger partial charge on any atom is -0.481 e. The first-order chi connectivity index (χ1) is 16.3. The van der Waals surface area contributed by atoms with Crippen molar-refractivity contribution in [1.29, 1.82) is 0 Å². The Labute approximate surface area is 200 Å². The third kappa shape index (κ3) is 5.08. The molecule has 34 heavy (non-hydrogen) atoms. The van der Waals surface area contributed by atoms with Gasteiger partial charge in [-0.25, -0.2) is 4.79 Å². The maximum atomic E-state index is 12.7. The molecule has 0 aliphatic heterocycles. The minimum atomic E-state index is -0.921. The number of benzene rings is 2. The van der Waals surface area contributed by atoms with Gasteiger partial charge in [-0.15, -0.1) is 0 Å². The van der Waals surface area contributed by atoms with Crippen molar-refractivity contribution in [3.63, 3.8) is 0 Å². The molecule has 2 aromatic rings. The Morgan fingerprint density at radius 1 is 1.06 bits per heavy atom. The Balaban J connectivity index is 1.32. The van der Waals surface area contributed by atoms with E-state index in [4.69, 9.17) is 9.84 Å². The van der Waals surface area contributed by atoms with Crippen molar-refractivity contribution in [2.24, 2.45) is 11.8 Å². The Bertz CT molecular complexity index is 1020. The Kier molecular flexibility index (Phi) is 7.20. The molecule has 3 atom stereocenters. The average molecular weight is 465 g/mol. The Morgan fingerprint density at radius 3 is 2.29 bits per heavy atom. The van der Waals surface area contributed by atoms with Crippen LogP contribution in [0.5, 0.6) is 0 Å². The van der Waals surface area contributed by atoms with Crippen LogP contribution in [0.3, 0.4) is 0 Å². The topological polar surface area (TPSA) is 95.9 Å².